The fourth-order valence-electron chi connectivity index (χ4n) is 1.21. The van der Waals surface area contributed by atoms with Crippen LogP contribution in [0, 0.1) is 0 Å². The van der Waals surface area contributed by atoms with E-state index in [1.165, 1.54) is 18.2 Å². The van der Waals surface area contributed by atoms with Crippen LogP contribution in [0.25, 0.3) is 0 Å². The summed E-state index contributed by atoms with van der Waals surface area (Å²) < 4.78 is 25.2. The molecule has 0 aromatic heterocycles. The minimum Gasteiger partial charge on any atom is -0.294 e. The van der Waals surface area contributed by atoms with Crippen LogP contribution in [0.3, 0.4) is 0 Å². The summed E-state index contributed by atoms with van der Waals surface area (Å²) in [6.45, 7) is 0. The van der Waals surface area contributed by atoms with E-state index in [0.717, 1.165) is 0 Å². The molecule has 0 atom stereocenters. The fraction of sp³-hybridized carbons (Fsp3) is 0.300. The van der Waals surface area contributed by atoms with Crippen molar-refractivity contribution in [3.63, 3.8) is 0 Å². The number of thiol groups is 1. The average molecular weight is 295 g/mol. The number of alkyl halides is 3. The van der Waals surface area contributed by atoms with Gasteiger partial charge in [-0.15, -0.1) is 12.6 Å². The number of hydrogen-bond acceptors (Lipinski definition) is 2. The molecule has 82 valence electrons. The van der Waals surface area contributed by atoms with Gasteiger partial charge in [-0.3, -0.25) is 4.79 Å². The Morgan fingerprint density at radius 2 is 2.13 bits per heavy atom. The molecule has 0 bridgehead atoms. The van der Waals surface area contributed by atoms with Crippen molar-refractivity contribution in [3.8, 4) is 0 Å². The average Bonchev–Trinajstić information content (AvgIpc) is 2.17. The highest BCUT2D eigenvalue weighted by Crippen LogP contribution is 2.26. The molecule has 1 rings (SSSR count). The summed E-state index contributed by atoms with van der Waals surface area (Å²) in [7, 11) is 0. The smallest absolute Gasteiger partial charge is 0.264 e. The number of rotatable bonds is 4. The Balaban J connectivity index is 3.11. The summed E-state index contributed by atoms with van der Waals surface area (Å²) in [5.74, 6) is -0.282. The van der Waals surface area contributed by atoms with Crippen molar-refractivity contribution in [1.29, 1.82) is 0 Å². The first-order valence-electron chi connectivity index (χ1n) is 4.26. The number of carbonyl (C=O) groups excluding carboxylic acids is 1. The summed E-state index contributed by atoms with van der Waals surface area (Å²) in [6, 6.07) is 4.17. The molecule has 0 aliphatic heterocycles. The topological polar surface area (TPSA) is 17.1 Å². The van der Waals surface area contributed by atoms with Gasteiger partial charge in [0, 0.05) is 27.8 Å². The third-order valence-corrected chi connectivity index (χ3v) is 2.57. The normalized spacial score (nSPS) is 10.7. The van der Waals surface area contributed by atoms with Gasteiger partial charge in [-0.05, 0) is 18.2 Å². The van der Waals surface area contributed by atoms with Crippen molar-refractivity contribution < 1.29 is 13.6 Å². The van der Waals surface area contributed by atoms with E-state index in [-0.39, 0.29) is 23.3 Å². The molecule has 0 saturated heterocycles. The number of ketones is 1. The number of hydrogen-bond donors (Lipinski definition) is 1. The van der Waals surface area contributed by atoms with Crippen molar-refractivity contribution in [2.75, 3.05) is 5.33 Å². The highest BCUT2D eigenvalue weighted by atomic mass is 79.9. The van der Waals surface area contributed by atoms with Crippen LogP contribution in [0.4, 0.5) is 8.78 Å². The molecule has 0 aliphatic carbocycles. The van der Waals surface area contributed by atoms with Crippen LogP contribution in [0.1, 0.15) is 28.8 Å². The second-order valence-electron chi connectivity index (χ2n) is 2.93. The first-order chi connectivity index (χ1) is 7.06. The van der Waals surface area contributed by atoms with Crippen LogP contribution in [-0.2, 0) is 0 Å². The lowest BCUT2D eigenvalue weighted by Crippen LogP contribution is -2.04. The number of halogens is 3. The number of Topliss-reactive ketones (excluding diaryl/α,β-unsaturated/α-hetero) is 1. The summed E-state index contributed by atoms with van der Waals surface area (Å²) in [5, 5.41) is 0.469. The van der Waals surface area contributed by atoms with E-state index in [2.05, 4.69) is 28.6 Å². The van der Waals surface area contributed by atoms with Gasteiger partial charge in [0.15, 0.2) is 5.78 Å². The predicted octanol–water partition coefficient (Wildman–Crippen LogP) is 3.88. The lowest BCUT2D eigenvalue weighted by Gasteiger charge is -2.07. The zero-order valence-corrected chi connectivity index (χ0v) is 10.2. The van der Waals surface area contributed by atoms with Gasteiger partial charge in [0.1, 0.15) is 0 Å². The fourth-order valence-corrected chi connectivity index (χ4v) is 1.78. The minimum absolute atomic E-state index is 0.0854. The molecule has 0 unspecified atom stereocenters. The molecule has 15 heavy (non-hydrogen) atoms. The molecule has 0 heterocycles. The van der Waals surface area contributed by atoms with Crippen molar-refractivity contribution in [2.45, 2.75) is 17.7 Å². The standard InChI is InChI=1S/C10H9BrF2OS/c11-4-3-9(14)7-2-1-6(15)5-8(7)10(12)13/h1-2,5,10,15H,3-4H2. The Kier molecular flexibility index (Phi) is 4.73. The van der Waals surface area contributed by atoms with Crippen LogP contribution in [-0.4, -0.2) is 11.1 Å². The second kappa shape index (κ2) is 5.61. The molecule has 0 radical (unpaired) electrons. The number of benzene rings is 1. The zero-order chi connectivity index (χ0) is 11.4. The first-order valence-corrected chi connectivity index (χ1v) is 5.83. The molecular weight excluding hydrogens is 286 g/mol. The SMILES string of the molecule is O=C(CCBr)c1ccc(S)cc1C(F)F. The Morgan fingerprint density at radius 1 is 1.47 bits per heavy atom. The Morgan fingerprint density at radius 3 is 2.67 bits per heavy atom. The minimum atomic E-state index is -2.65. The molecule has 0 amide bonds. The van der Waals surface area contributed by atoms with E-state index in [9.17, 15) is 13.6 Å². The van der Waals surface area contributed by atoms with Crippen LogP contribution < -0.4 is 0 Å². The molecule has 0 saturated carbocycles. The van der Waals surface area contributed by atoms with Crippen LogP contribution in [0.2, 0.25) is 0 Å². The Hall–Kier alpha value is -0.420. The van der Waals surface area contributed by atoms with E-state index in [0.29, 0.717) is 10.2 Å². The van der Waals surface area contributed by atoms with Crippen molar-refractivity contribution >= 4 is 34.3 Å². The molecule has 1 aromatic carbocycles. The van der Waals surface area contributed by atoms with Gasteiger partial charge in [-0.1, -0.05) is 15.9 Å². The largest absolute Gasteiger partial charge is 0.294 e. The maximum Gasteiger partial charge on any atom is 0.264 e. The van der Waals surface area contributed by atoms with E-state index >= 15 is 0 Å². The van der Waals surface area contributed by atoms with Crippen molar-refractivity contribution in [1.82, 2.24) is 0 Å². The zero-order valence-electron chi connectivity index (χ0n) is 7.71. The summed E-state index contributed by atoms with van der Waals surface area (Å²) in [4.78, 5) is 11.9. The van der Waals surface area contributed by atoms with Gasteiger partial charge in [0.05, 0.1) is 0 Å². The van der Waals surface area contributed by atoms with Crippen LogP contribution in [0.5, 0.6) is 0 Å². The summed E-state index contributed by atoms with van der Waals surface area (Å²) in [5.41, 5.74) is -0.157. The maximum absolute atomic E-state index is 12.6. The predicted molar refractivity (Wildman–Crippen MR) is 61.4 cm³/mol. The van der Waals surface area contributed by atoms with Gasteiger partial charge < -0.3 is 0 Å². The lowest BCUT2D eigenvalue weighted by molar-refractivity contribution is 0.0975. The quantitative estimate of drug-likeness (QED) is 0.507. The van der Waals surface area contributed by atoms with Crippen molar-refractivity contribution in [3.05, 3.63) is 29.3 Å². The highest BCUT2D eigenvalue weighted by molar-refractivity contribution is 9.09. The van der Waals surface area contributed by atoms with Crippen LogP contribution >= 0.6 is 28.6 Å². The molecule has 0 fully saturated rings. The third kappa shape index (κ3) is 3.28. The van der Waals surface area contributed by atoms with Crippen molar-refractivity contribution in [2.24, 2.45) is 0 Å². The van der Waals surface area contributed by atoms with Gasteiger partial charge >= 0.3 is 0 Å². The molecular formula is C10H9BrF2OS. The van der Waals surface area contributed by atoms with Gasteiger partial charge in [0.2, 0.25) is 0 Å². The van der Waals surface area contributed by atoms with E-state index in [1.54, 1.807) is 0 Å². The van der Waals surface area contributed by atoms with E-state index in [1.807, 2.05) is 0 Å². The van der Waals surface area contributed by atoms with Gasteiger partial charge in [-0.25, -0.2) is 8.78 Å². The van der Waals surface area contributed by atoms with E-state index in [4.69, 9.17) is 0 Å². The molecule has 0 spiro atoms. The molecule has 1 aromatic rings. The Bertz CT molecular complexity index is 368. The molecule has 5 heteroatoms. The van der Waals surface area contributed by atoms with E-state index < -0.39 is 6.43 Å². The lowest BCUT2D eigenvalue weighted by atomic mass is 10.0. The first kappa shape index (κ1) is 12.6. The third-order valence-electron chi connectivity index (χ3n) is 1.89. The van der Waals surface area contributed by atoms with Gasteiger partial charge in [0.25, 0.3) is 6.43 Å². The molecule has 0 aliphatic rings. The highest BCUT2D eigenvalue weighted by Gasteiger charge is 2.17. The molecule has 1 nitrogen and oxygen atoms in total. The van der Waals surface area contributed by atoms with Gasteiger partial charge in [-0.2, -0.15) is 0 Å². The second-order valence-corrected chi connectivity index (χ2v) is 4.24. The maximum atomic E-state index is 12.6. The van der Waals surface area contributed by atoms with Crippen LogP contribution in [0.15, 0.2) is 23.1 Å². The molecule has 0 N–H and O–H groups in total. The number of carbonyl (C=O) groups is 1. The monoisotopic (exact) mass is 294 g/mol. The Labute approximate surface area is 100 Å². The summed E-state index contributed by atoms with van der Waals surface area (Å²) in [6.07, 6.45) is -2.43. The summed E-state index contributed by atoms with van der Waals surface area (Å²) >= 11 is 7.06.